The molecule has 146 valence electrons. The molecular weight excluding hydrogens is 385 g/mol. The molecule has 2 rings (SSSR count). The van der Waals surface area contributed by atoms with Crippen LogP contribution < -0.4 is 4.74 Å². The number of likely N-dealkylation sites (N-methyl/N-ethyl adjacent to an activating group) is 1. The van der Waals surface area contributed by atoms with E-state index in [1.165, 1.54) is 0 Å². The fraction of sp³-hybridized carbons (Fsp3) is 0.381. The summed E-state index contributed by atoms with van der Waals surface area (Å²) in [4.78, 5) is 13.4. The predicted molar refractivity (Wildman–Crippen MR) is 110 cm³/mol. The molecule has 1 amide bonds. The van der Waals surface area contributed by atoms with Crippen molar-refractivity contribution < 1.29 is 14.6 Å². The number of aromatic hydroxyl groups is 1. The van der Waals surface area contributed by atoms with E-state index in [-0.39, 0.29) is 24.2 Å². The number of nitrogens with zero attached hydrogens (tertiary/aromatic N) is 1. The number of phenolic OH excluding ortho intramolecular Hbond substituents is 1. The Hall–Kier alpha value is -1.91. The highest BCUT2D eigenvalue weighted by Gasteiger charge is 2.14. The fourth-order valence-corrected chi connectivity index (χ4v) is 3.24. The van der Waals surface area contributed by atoms with Crippen LogP contribution in [0.4, 0.5) is 0 Å². The van der Waals surface area contributed by atoms with Crippen LogP contribution in [0.2, 0.25) is 10.0 Å². The smallest absolute Gasteiger partial charge is 0.260 e. The molecule has 0 fully saturated rings. The van der Waals surface area contributed by atoms with Gasteiger partial charge in [-0.2, -0.15) is 0 Å². The molecule has 0 saturated heterocycles. The van der Waals surface area contributed by atoms with Crippen molar-refractivity contribution in [2.45, 2.75) is 33.1 Å². The number of rotatable bonds is 7. The molecule has 1 N–H and O–H groups in total. The molecule has 27 heavy (non-hydrogen) atoms. The van der Waals surface area contributed by atoms with Gasteiger partial charge >= 0.3 is 0 Å². The average molecular weight is 410 g/mol. The van der Waals surface area contributed by atoms with E-state index in [2.05, 4.69) is 0 Å². The maximum Gasteiger partial charge on any atom is 0.260 e. The molecule has 0 radical (unpaired) electrons. The Balaban J connectivity index is 2.18. The molecule has 0 atom stereocenters. The number of carbonyl (C=O) groups excluding carboxylic acids is 1. The van der Waals surface area contributed by atoms with Crippen LogP contribution in [0.25, 0.3) is 0 Å². The highest BCUT2D eigenvalue weighted by Crippen LogP contribution is 2.34. The van der Waals surface area contributed by atoms with E-state index in [1.807, 2.05) is 32.9 Å². The van der Waals surface area contributed by atoms with Crippen molar-refractivity contribution in [3.8, 4) is 11.5 Å². The van der Waals surface area contributed by atoms with E-state index in [9.17, 15) is 9.90 Å². The van der Waals surface area contributed by atoms with Gasteiger partial charge in [-0.25, -0.2) is 0 Å². The topological polar surface area (TPSA) is 49.8 Å². The third-order valence-electron chi connectivity index (χ3n) is 4.47. The van der Waals surface area contributed by atoms with Gasteiger partial charge in [-0.3, -0.25) is 4.79 Å². The summed E-state index contributed by atoms with van der Waals surface area (Å²) in [7, 11) is 1.72. The first-order valence-corrected chi connectivity index (χ1v) is 9.65. The predicted octanol–water partition coefficient (Wildman–Crippen LogP) is 5.27. The second kappa shape index (κ2) is 9.34. The van der Waals surface area contributed by atoms with Gasteiger partial charge in [-0.05, 0) is 47.7 Å². The summed E-state index contributed by atoms with van der Waals surface area (Å²) in [5.41, 5.74) is 2.68. The SMILES string of the molecule is CCN(C)C(=O)COc1cc(Cl)c(Cc2ccc(O)c(C(C)C)c2)c(Cl)c1. The summed E-state index contributed by atoms with van der Waals surface area (Å²) < 4.78 is 5.53. The maximum atomic E-state index is 11.9. The van der Waals surface area contributed by atoms with Crippen LogP contribution in [0, 0.1) is 0 Å². The van der Waals surface area contributed by atoms with Gasteiger partial charge in [-0.1, -0.05) is 49.2 Å². The highest BCUT2D eigenvalue weighted by atomic mass is 35.5. The van der Waals surface area contributed by atoms with Crippen LogP contribution in [0.15, 0.2) is 30.3 Å². The van der Waals surface area contributed by atoms with Crippen LogP contribution in [-0.2, 0) is 11.2 Å². The fourth-order valence-electron chi connectivity index (χ4n) is 2.64. The normalized spacial score (nSPS) is 10.9. The second-order valence-electron chi connectivity index (χ2n) is 6.79. The Morgan fingerprint density at radius 2 is 1.81 bits per heavy atom. The number of ether oxygens (including phenoxy) is 1. The van der Waals surface area contributed by atoms with Gasteiger partial charge in [-0.15, -0.1) is 0 Å². The Bertz CT molecular complexity index is 798. The molecule has 0 aromatic heterocycles. The van der Waals surface area contributed by atoms with E-state index in [0.29, 0.717) is 28.8 Å². The summed E-state index contributed by atoms with van der Waals surface area (Å²) in [5.74, 6) is 0.848. The van der Waals surface area contributed by atoms with Gasteiger partial charge in [0.05, 0.1) is 0 Å². The maximum absolute atomic E-state index is 11.9. The zero-order chi connectivity index (χ0) is 20.1. The van der Waals surface area contributed by atoms with Gasteiger partial charge in [0.25, 0.3) is 5.91 Å². The Kier molecular flexibility index (Phi) is 7.40. The van der Waals surface area contributed by atoms with Crippen LogP contribution in [0.1, 0.15) is 43.4 Å². The van der Waals surface area contributed by atoms with Crippen molar-refractivity contribution >= 4 is 29.1 Å². The first-order valence-electron chi connectivity index (χ1n) is 8.89. The highest BCUT2D eigenvalue weighted by molar-refractivity contribution is 6.36. The van der Waals surface area contributed by atoms with Gasteiger partial charge in [0.1, 0.15) is 11.5 Å². The lowest BCUT2D eigenvalue weighted by atomic mass is 9.96. The summed E-state index contributed by atoms with van der Waals surface area (Å²) >= 11 is 12.8. The van der Waals surface area contributed by atoms with Crippen molar-refractivity contribution in [3.05, 3.63) is 57.1 Å². The van der Waals surface area contributed by atoms with E-state index in [0.717, 1.165) is 16.7 Å². The van der Waals surface area contributed by atoms with E-state index in [1.54, 1.807) is 30.1 Å². The molecule has 0 aliphatic heterocycles. The second-order valence-corrected chi connectivity index (χ2v) is 7.60. The lowest BCUT2D eigenvalue weighted by molar-refractivity contribution is -0.131. The van der Waals surface area contributed by atoms with Crippen LogP contribution in [0.5, 0.6) is 11.5 Å². The largest absolute Gasteiger partial charge is 0.508 e. The number of phenols is 1. The third kappa shape index (κ3) is 5.53. The number of benzene rings is 2. The summed E-state index contributed by atoms with van der Waals surface area (Å²) in [6, 6.07) is 8.87. The lowest BCUT2D eigenvalue weighted by Gasteiger charge is -2.16. The quantitative estimate of drug-likeness (QED) is 0.677. The first-order chi connectivity index (χ1) is 12.7. The van der Waals surface area contributed by atoms with Gasteiger partial charge in [0, 0.05) is 30.1 Å². The molecular formula is C21H25Cl2NO3. The molecule has 0 heterocycles. The first kappa shape index (κ1) is 21.4. The number of hydrogen-bond donors (Lipinski definition) is 1. The molecule has 6 heteroatoms. The van der Waals surface area contributed by atoms with Crippen LogP contribution >= 0.6 is 23.2 Å². The molecule has 0 saturated carbocycles. The summed E-state index contributed by atoms with van der Waals surface area (Å²) in [6.45, 7) is 6.51. The third-order valence-corrected chi connectivity index (χ3v) is 5.15. The molecule has 0 aliphatic carbocycles. The Labute approximate surface area is 170 Å². The Morgan fingerprint density at radius 1 is 1.19 bits per heavy atom. The monoisotopic (exact) mass is 409 g/mol. The minimum Gasteiger partial charge on any atom is -0.508 e. The summed E-state index contributed by atoms with van der Waals surface area (Å²) in [6.07, 6.45) is 0.537. The number of amides is 1. The Morgan fingerprint density at radius 3 is 2.37 bits per heavy atom. The molecule has 0 aliphatic rings. The number of halogens is 2. The van der Waals surface area contributed by atoms with E-state index in [4.69, 9.17) is 27.9 Å². The molecule has 2 aromatic rings. The lowest BCUT2D eigenvalue weighted by Crippen LogP contribution is -2.31. The van der Waals surface area contributed by atoms with Crippen molar-refractivity contribution in [3.63, 3.8) is 0 Å². The number of hydrogen-bond acceptors (Lipinski definition) is 3. The van der Waals surface area contributed by atoms with E-state index < -0.39 is 0 Å². The molecule has 2 aromatic carbocycles. The molecule has 0 spiro atoms. The molecule has 4 nitrogen and oxygen atoms in total. The minimum absolute atomic E-state index is 0.0634. The van der Waals surface area contributed by atoms with Crippen molar-refractivity contribution in [1.82, 2.24) is 4.90 Å². The van der Waals surface area contributed by atoms with Crippen LogP contribution in [-0.4, -0.2) is 36.1 Å². The molecule has 0 unspecified atom stereocenters. The minimum atomic E-state index is -0.112. The van der Waals surface area contributed by atoms with Gasteiger partial charge in [0.2, 0.25) is 0 Å². The zero-order valence-electron chi connectivity index (χ0n) is 16.1. The van der Waals surface area contributed by atoms with Crippen molar-refractivity contribution in [1.29, 1.82) is 0 Å². The molecule has 0 bridgehead atoms. The van der Waals surface area contributed by atoms with Gasteiger partial charge < -0.3 is 14.7 Å². The standard InChI is InChI=1S/C21H25Cl2NO3/c1-5-24(4)21(26)12-27-15-10-18(22)17(19(23)11-15)9-14-6-7-20(25)16(8-14)13(2)3/h6-8,10-11,13,25H,5,9,12H2,1-4H3. The van der Waals surface area contributed by atoms with Crippen molar-refractivity contribution in [2.24, 2.45) is 0 Å². The van der Waals surface area contributed by atoms with Crippen molar-refractivity contribution in [2.75, 3.05) is 20.2 Å². The number of carbonyl (C=O) groups is 1. The van der Waals surface area contributed by atoms with E-state index >= 15 is 0 Å². The van der Waals surface area contributed by atoms with Crippen LogP contribution in [0.3, 0.4) is 0 Å². The summed E-state index contributed by atoms with van der Waals surface area (Å²) in [5, 5.41) is 10.9. The average Bonchev–Trinajstić information content (AvgIpc) is 2.62. The van der Waals surface area contributed by atoms with Gasteiger partial charge in [0.15, 0.2) is 6.61 Å². The zero-order valence-corrected chi connectivity index (χ0v) is 17.6.